The second-order valence-electron chi connectivity index (χ2n) is 7.08. The second kappa shape index (κ2) is 5.43. The minimum atomic E-state index is 0.0145. The van der Waals surface area contributed by atoms with E-state index in [4.69, 9.17) is 4.74 Å². The smallest absolute Gasteiger partial charge is 0.226 e. The van der Waals surface area contributed by atoms with E-state index in [0.717, 1.165) is 32.5 Å². The molecule has 2 rings (SSSR count). The van der Waals surface area contributed by atoms with Crippen LogP contribution in [-0.2, 0) is 9.53 Å². The van der Waals surface area contributed by atoms with Crippen molar-refractivity contribution in [1.29, 1.82) is 0 Å². The predicted octanol–water partition coefficient (Wildman–Crippen LogP) is 3.08. The molecule has 19 heavy (non-hydrogen) atoms. The molecule has 0 spiro atoms. The summed E-state index contributed by atoms with van der Waals surface area (Å²) in [7, 11) is 0. The van der Waals surface area contributed by atoms with Crippen molar-refractivity contribution in [3.63, 3.8) is 0 Å². The fourth-order valence-electron chi connectivity index (χ4n) is 3.76. The van der Waals surface area contributed by atoms with Crippen LogP contribution < -0.4 is 0 Å². The van der Waals surface area contributed by atoms with Crippen molar-refractivity contribution in [3.05, 3.63) is 0 Å². The van der Waals surface area contributed by atoms with Crippen LogP contribution in [0.3, 0.4) is 0 Å². The van der Waals surface area contributed by atoms with Gasteiger partial charge < -0.3 is 9.64 Å². The predicted molar refractivity (Wildman–Crippen MR) is 76.9 cm³/mol. The number of ether oxygens (including phenoxy) is 1. The monoisotopic (exact) mass is 267 g/mol. The molecule has 0 bridgehead atoms. The summed E-state index contributed by atoms with van der Waals surface area (Å²) in [5.41, 5.74) is 0.0145. The van der Waals surface area contributed by atoms with Crippen LogP contribution in [0.25, 0.3) is 0 Å². The van der Waals surface area contributed by atoms with Gasteiger partial charge in [-0.05, 0) is 39.0 Å². The van der Waals surface area contributed by atoms with Crippen molar-refractivity contribution in [3.8, 4) is 0 Å². The van der Waals surface area contributed by atoms with Crippen molar-refractivity contribution >= 4 is 5.91 Å². The minimum absolute atomic E-state index is 0.0145. The molecule has 2 heterocycles. The molecular formula is C16H29NO2. The topological polar surface area (TPSA) is 29.5 Å². The first kappa shape index (κ1) is 14.8. The van der Waals surface area contributed by atoms with E-state index in [1.165, 1.54) is 0 Å². The Morgan fingerprint density at radius 2 is 2.05 bits per heavy atom. The standard InChI is InChI=1S/C16H29NO2/c1-11-9-12(2)17(14(11)4)15(18)13(3)16(5)7-6-8-19-10-16/h11-14H,6-10H2,1-5H3/t11?,12-,13?,14?,16?/m1/s1. The number of likely N-dealkylation sites (tertiary alicyclic amines) is 1. The largest absolute Gasteiger partial charge is 0.381 e. The van der Waals surface area contributed by atoms with Crippen LogP contribution in [0.5, 0.6) is 0 Å². The van der Waals surface area contributed by atoms with Crippen molar-refractivity contribution in [2.24, 2.45) is 17.3 Å². The van der Waals surface area contributed by atoms with E-state index < -0.39 is 0 Å². The van der Waals surface area contributed by atoms with Crippen LogP contribution >= 0.6 is 0 Å². The molecule has 110 valence electrons. The molecule has 2 saturated heterocycles. The van der Waals surface area contributed by atoms with Gasteiger partial charge in [0, 0.05) is 30.0 Å². The number of carbonyl (C=O) groups excluding carboxylic acids is 1. The average Bonchev–Trinajstić information content (AvgIpc) is 2.62. The Morgan fingerprint density at radius 3 is 2.53 bits per heavy atom. The maximum absolute atomic E-state index is 12.9. The number of rotatable bonds is 2. The molecule has 0 aromatic rings. The van der Waals surface area contributed by atoms with E-state index in [0.29, 0.717) is 23.9 Å². The van der Waals surface area contributed by atoms with Gasteiger partial charge in [0.25, 0.3) is 0 Å². The quantitative estimate of drug-likeness (QED) is 0.769. The highest BCUT2D eigenvalue weighted by atomic mass is 16.5. The zero-order valence-corrected chi connectivity index (χ0v) is 13.1. The summed E-state index contributed by atoms with van der Waals surface area (Å²) in [6, 6.07) is 0.756. The number of amides is 1. The van der Waals surface area contributed by atoms with Gasteiger partial charge in [-0.3, -0.25) is 4.79 Å². The lowest BCUT2D eigenvalue weighted by Gasteiger charge is -2.41. The summed E-state index contributed by atoms with van der Waals surface area (Å²) in [5, 5.41) is 0. The molecule has 0 aromatic carbocycles. The molecule has 4 unspecified atom stereocenters. The lowest BCUT2D eigenvalue weighted by molar-refractivity contribution is -0.146. The van der Waals surface area contributed by atoms with Gasteiger partial charge in [0.1, 0.15) is 0 Å². The molecule has 0 N–H and O–H groups in total. The third kappa shape index (κ3) is 2.67. The van der Waals surface area contributed by atoms with Crippen LogP contribution in [0.15, 0.2) is 0 Å². The van der Waals surface area contributed by atoms with E-state index in [1.807, 2.05) is 0 Å². The summed E-state index contributed by atoms with van der Waals surface area (Å²) in [5.74, 6) is 1.00. The van der Waals surface area contributed by atoms with E-state index in [1.54, 1.807) is 0 Å². The lowest BCUT2D eigenvalue weighted by atomic mass is 9.73. The van der Waals surface area contributed by atoms with Crippen LogP contribution in [-0.4, -0.2) is 36.1 Å². The van der Waals surface area contributed by atoms with E-state index in [-0.39, 0.29) is 11.3 Å². The maximum atomic E-state index is 12.9. The van der Waals surface area contributed by atoms with Gasteiger partial charge in [0.15, 0.2) is 0 Å². The summed E-state index contributed by atoms with van der Waals surface area (Å²) in [4.78, 5) is 15.0. The molecule has 5 atom stereocenters. The van der Waals surface area contributed by atoms with E-state index >= 15 is 0 Å². The molecule has 3 heteroatoms. The Labute approximate surface area is 117 Å². The van der Waals surface area contributed by atoms with Crippen molar-refractivity contribution in [2.45, 2.75) is 66.0 Å². The van der Waals surface area contributed by atoms with Crippen LogP contribution in [0.1, 0.15) is 53.9 Å². The minimum Gasteiger partial charge on any atom is -0.381 e. The summed E-state index contributed by atoms with van der Waals surface area (Å²) in [6.07, 6.45) is 3.31. The Hall–Kier alpha value is -0.570. The summed E-state index contributed by atoms with van der Waals surface area (Å²) < 4.78 is 5.62. The SMILES string of the molecule is CC1C[C@@H](C)N(C(=O)C(C)C2(C)CCCOC2)C1C. The number of nitrogens with zero attached hydrogens (tertiary/aromatic N) is 1. The fraction of sp³-hybridized carbons (Fsp3) is 0.938. The lowest BCUT2D eigenvalue weighted by Crippen LogP contribution is -2.48. The molecule has 2 fully saturated rings. The van der Waals surface area contributed by atoms with Gasteiger partial charge in [-0.2, -0.15) is 0 Å². The first-order chi connectivity index (χ1) is 8.87. The van der Waals surface area contributed by atoms with Crippen LogP contribution in [0, 0.1) is 17.3 Å². The molecule has 2 aliphatic heterocycles. The first-order valence-electron chi connectivity index (χ1n) is 7.77. The molecular weight excluding hydrogens is 238 g/mol. The summed E-state index contributed by atoms with van der Waals surface area (Å²) in [6.45, 7) is 12.5. The third-order valence-corrected chi connectivity index (χ3v) is 5.59. The van der Waals surface area contributed by atoms with E-state index in [9.17, 15) is 4.79 Å². The second-order valence-corrected chi connectivity index (χ2v) is 7.08. The van der Waals surface area contributed by atoms with Crippen molar-refractivity contribution in [1.82, 2.24) is 4.90 Å². The molecule has 0 radical (unpaired) electrons. The average molecular weight is 267 g/mol. The molecule has 0 aromatic heterocycles. The van der Waals surface area contributed by atoms with Gasteiger partial charge in [-0.15, -0.1) is 0 Å². The summed E-state index contributed by atoms with van der Waals surface area (Å²) >= 11 is 0. The zero-order valence-electron chi connectivity index (χ0n) is 13.1. The first-order valence-corrected chi connectivity index (χ1v) is 7.77. The van der Waals surface area contributed by atoms with Gasteiger partial charge in [0.05, 0.1) is 6.61 Å². The molecule has 0 aliphatic carbocycles. The Bertz CT molecular complexity index is 336. The van der Waals surface area contributed by atoms with Gasteiger partial charge in [-0.1, -0.05) is 20.8 Å². The highest BCUT2D eigenvalue weighted by Crippen LogP contribution is 2.39. The number of hydrogen-bond acceptors (Lipinski definition) is 2. The number of carbonyl (C=O) groups is 1. The van der Waals surface area contributed by atoms with Gasteiger partial charge >= 0.3 is 0 Å². The van der Waals surface area contributed by atoms with Crippen LogP contribution in [0.2, 0.25) is 0 Å². The molecule has 2 aliphatic rings. The van der Waals surface area contributed by atoms with Crippen LogP contribution in [0.4, 0.5) is 0 Å². The Kier molecular flexibility index (Phi) is 4.24. The zero-order chi connectivity index (χ0) is 14.2. The highest BCUT2D eigenvalue weighted by molar-refractivity contribution is 5.80. The molecule has 3 nitrogen and oxygen atoms in total. The third-order valence-electron chi connectivity index (χ3n) is 5.59. The molecule has 0 saturated carbocycles. The van der Waals surface area contributed by atoms with Gasteiger partial charge in [-0.25, -0.2) is 0 Å². The Morgan fingerprint density at radius 1 is 1.37 bits per heavy atom. The number of hydrogen-bond donors (Lipinski definition) is 0. The van der Waals surface area contributed by atoms with Gasteiger partial charge in [0.2, 0.25) is 5.91 Å². The highest BCUT2D eigenvalue weighted by Gasteiger charge is 2.44. The van der Waals surface area contributed by atoms with E-state index in [2.05, 4.69) is 39.5 Å². The maximum Gasteiger partial charge on any atom is 0.226 e. The Balaban J connectivity index is 2.10. The molecule has 1 amide bonds. The van der Waals surface area contributed by atoms with Crippen molar-refractivity contribution in [2.75, 3.05) is 13.2 Å². The fourth-order valence-corrected chi connectivity index (χ4v) is 3.76. The van der Waals surface area contributed by atoms with Crippen molar-refractivity contribution < 1.29 is 9.53 Å². The normalized spacial score (nSPS) is 41.3.